The molecule has 8 nitrogen and oxygen atoms in total. The second-order valence-corrected chi connectivity index (χ2v) is 5.39. The normalized spacial score (nSPS) is 13.8. The molecule has 0 bridgehead atoms. The summed E-state index contributed by atoms with van der Waals surface area (Å²) < 4.78 is 0. The molecule has 3 rings (SSSR count). The van der Waals surface area contributed by atoms with Crippen LogP contribution in [0.1, 0.15) is 0 Å². The Labute approximate surface area is 150 Å². The van der Waals surface area contributed by atoms with Gasteiger partial charge in [-0.3, -0.25) is 0 Å². The molecular weight excluding hydrogens is 336 g/mol. The van der Waals surface area contributed by atoms with Crippen LogP contribution < -0.4 is 10.2 Å². The van der Waals surface area contributed by atoms with E-state index in [0.717, 1.165) is 43.3 Å². The number of aliphatic carboxylic acids is 2. The molecule has 3 N–H and O–H groups in total. The largest absolute Gasteiger partial charge is 0.478 e. The average Bonchev–Trinajstić information content (AvgIpc) is 2.68. The SMILES string of the molecule is O=C(O)/C=C/C(=O)O.c1ccc(-c2ccc(N3CCNCC3)nn2)cc1. The Morgan fingerprint density at radius 2 is 1.54 bits per heavy atom. The standard InChI is InChI=1S/C14H16N4.C4H4O4/c1-2-4-12(5-3-1)13-6-7-14(17-16-13)18-10-8-15-9-11-18;5-3(6)1-2-4(7)8/h1-7,15H,8-11H2;1-2H,(H,5,6)(H,7,8)/b;2-1+. The molecule has 1 aromatic carbocycles. The molecule has 0 aliphatic carbocycles. The quantitative estimate of drug-likeness (QED) is 0.702. The van der Waals surface area contributed by atoms with Crippen molar-refractivity contribution in [3.63, 3.8) is 0 Å². The lowest BCUT2D eigenvalue weighted by Crippen LogP contribution is -2.43. The Hall–Kier alpha value is -3.26. The third-order valence-corrected chi connectivity index (χ3v) is 3.53. The molecule has 0 atom stereocenters. The summed E-state index contributed by atoms with van der Waals surface area (Å²) >= 11 is 0. The molecule has 0 spiro atoms. The average molecular weight is 356 g/mol. The van der Waals surface area contributed by atoms with E-state index in [9.17, 15) is 9.59 Å². The molecule has 0 amide bonds. The number of hydrogen-bond donors (Lipinski definition) is 3. The Kier molecular flexibility index (Phi) is 7.26. The zero-order chi connectivity index (χ0) is 18.8. The fraction of sp³-hybridized carbons (Fsp3) is 0.222. The van der Waals surface area contributed by atoms with Crippen molar-refractivity contribution in [2.75, 3.05) is 31.1 Å². The topological polar surface area (TPSA) is 116 Å². The van der Waals surface area contributed by atoms with E-state index in [1.54, 1.807) is 0 Å². The van der Waals surface area contributed by atoms with Crippen LogP contribution in [-0.4, -0.2) is 58.5 Å². The first-order valence-corrected chi connectivity index (χ1v) is 8.05. The Morgan fingerprint density at radius 3 is 2.04 bits per heavy atom. The van der Waals surface area contributed by atoms with Crippen LogP contribution in [0.25, 0.3) is 11.3 Å². The maximum absolute atomic E-state index is 9.55. The van der Waals surface area contributed by atoms with Crippen LogP contribution >= 0.6 is 0 Å². The van der Waals surface area contributed by atoms with Crippen LogP contribution in [-0.2, 0) is 9.59 Å². The van der Waals surface area contributed by atoms with Gasteiger partial charge in [0.1, 0.15) is 0 Å². The van der Waals surface area contributed by atoms with Crippen molar-refractivity contribution >= 4 is 17.8 Å². The number of hydrogen-bond acceptors (Lipinski definition) is 6. The van der Waals surface area contributed by atoms with Crippen molar-refractivity contribution < 1.29 is 19.8 Å². The minimum atomic E-state index is -1.26. The summed E-state index contributed by atoms with van der Waals surface area (Å²) in [4.78, 5) is 21.4. The van der Waals surface area contributed by atoms with E-state index in [0.29, 0.717) is 12.2 Å². The fourth-order valence-corrected chi connectivity index (χ4v) is 2.29. The molecule has 1 aliphatic rings. The zero-order valence-electron chi connectivity index (χ0n) is 14.1. The second-order valence-electron chi connectivity index (χ2n) is 5.39. The molecule has 0 unspecified atom stereocenters. The van der Waals surface area contributed by atoms with Gasteiger partial charge in [-0.2, -0.15) is 0 Å². The van der Waals surface area contributed by atoms with Gasteiger partial charge in [-0.25, -0.2) is 9.59 Å². The number of carbonyl (C=O) groups is 2. The van der Waals surface area contributed by atoms with E-state index in [1.165, 1.54) is 0 Å². The minimum absolute atomic E-state index is 0.558. The zero-order valence-corrected chi connectivity index (χ0v) is 14.1. The van der Waals surface area contributed by atoms with Crippen LogP contribution in [0.4, 0.5) is 5.82 Å². The molecular formula is C18H20N4O4. The van der Waals surface area contributed by atoms with Crippen molar-refractivity contribution in [2.24, 2.45) is 0 Å². The van der Waals surface area contributed by atoms with E-state index in [4.69, 9.17) is 10.2 Å². The molecule has 2 heterocycles. The lowest BCUT2D eigenvalue weighted by Gasteiger charge is -2.27. The van der Waals surface area contributed by atoms with Gasteiger partial charge in [0, 0.05) is 43.9 Å². The highest BCUT2D eigenvalue weighted by molar-refractivity contribution is 5.89. The molecule has 0 radical (unpaired) electrons. The summed E-state index contributed by atoms with van der Waals surface area (Å²) in [5.74, 6) is -1.55. The molecule has 1 aromatic heterocycles. The van der Waals surface area contributed by atoms with E-state index in [2.05, 4.69) is 38.6 Å². The van der Waals surface area contributed by atoms with Crippen molar-refractivity contribution in [3.05, 3.63) is 54.6 Å². The predicted molar refractivity (Wildman–Crippen MR) is 97.0 cm³/mol. The Bertz CT molecular complexity index is 726. The number of carboxylic acid groups (broad SMARTS) is 2. The molecule has 8 heteroatoms. The predicted octanol–water partition coefficient (Wildman–Crippen LogP) is 1.26. The third kappa shape index (κ3) is 6.33. The lowest BCUT2D eigenvalue weighted by molar-refractivity contribution is -0.134. The van der Waals surface area contributed by atoms with Gasteiger partial charge in [0.15, 0.2) is 5.82 Å². The van der Waals surface area contributed by atoms with Crippen LogP contribution in [0.3, 0.4) is 0 Å². The monoisotopic (exact) mass is 356 g/mol. The van der Waals surface area contributed by atoms with Crippen molar-refractivity contribution in [1.82, 2.24) is 15.5 Å². The highest BCUT2D eigenvalue weighted by atomic mass is 16.4. The van der Waals surface area contributed by atoms with Gasteiger partial charge in [0.05, 0.1) is 5.69 Å². The summed E-state index contributed by atoms with van der Waals surface area (Å²) in [6.07, 6.45) is 1.12. The summed E-state index contributed by atoms with van der Waals surface area (Å²) in [7, 11) is 0. The molecule has 0 saturated carbocycles. The van der Waals surface area contributed by atoms with Gasteiger partial charge >= 0.3 is 11.9 Å². The summed E-state index contributed by atoms with van der Waals surface area (Å²) in [5.41, 5.74) is 2.03. The second kappa shape index (κ2) is 9.90. The highest BCUT2D eigenvalue weighted by Crippen LogP contribution is 2.18. The van der Waals surface area contributed by atoms with Crippen LogP contribution in [0.5, 0.6) is 0 Å². The summed E-state index contributed by atoms with van der Waals surface area (Å²) in [6, 6.07) is 14.2. The van der Waals surface area contributed by atoms with Crippen LogP contribution in [0.2, 0.25) is 0 Å². The number of aromatic nitrogens is 2. The number of carboxylic acids is 2. The van der Waals surface area contributed by atoms with E-state index in [1.807, 2.05) is 24.3 Å². The van der Waals surface area contributed by atoms with E-state index in [-0.39, 0.29) is 0 Å². The fourth-order valence-electron chi connectivity index (χ4n) is 2.29. The maximum atomic E-state index is 9.55. The van der Waals surface area contributed by atoms with Gasteiger partial charge in [-0.1, -0.05) is 30.3 Å². The number of benzene rings is 1. The first kappa shape index (κ1) is 19.1. The van der Waals surface area contributed by atoms with Gasteiger partial charge < -0.3 is 20.4 Å². The first-order chi connectivity index (χ1) is 12.6. The minimum Gasteiger partial charge on any atom is -0.478 e. The number of rotatable bonds is 4. The van der Waals surface area contributed by atoms with Gasteiger partial charge in [-0.15, -0.1) is 10.2 Å². The maximum Gasteiger partial charge on any atom is 0.328 e. The third-order valence-electron chi connectivity index (χ3n) is 3.53. The number of anilines is 1. The lowest BCUT2D eigenvalue weighted by atomic mass is 10.1. The van der Waals surface area contributed by atoms with Crippen molar-refractivity contribution in [1.29, 1.82) is 0 Å². The summed E-state index contributed by atoms with van der Waals surface area (Å²) in [6.45, 7) is 4.03. The molecule has 1 saturated heterocycles. The van der Waals surface area contributed by atoms with E-state index >= 15 is 0 Å². The highest BCUT2D eigenvalue weighted by Gasteiger charge is 2.11. The molecule has 2 aromatic rings. The number of nitrogens with zero attached hydrogens (tertiary/aromatic N) is 3. The van der Waals surface area contributed by atoms with E-state index < -0.39 is 11.9 Å². The smallest absolute Gasteiger partial charge is 0.328 e. The first-order valence-electron chi connectivity index (χ1n) is 8.05. The summed E-state index contributed by atoms with van der Waals surface area (Å²) in [5, 5.41) is 27.6. The van der Waals surface area contributed by atoms with Crippen molar-refractivity contribution in [3.8, 4) is 11.3 Å². The molecule has 1 aliphatic heterocycles. The van der Waals surface area contributed by atoms with Crippen LogP contribution in [0.15, 0.2) is 54.6 Å². The molecule has 26 heavy (non-hydrogen) atoms. The molecule has 136 valence electrons. The Balaban J connectivity index is 0.000000260. The van der Waals surface area contributed by atoms with Gasteiger partial charge in [-0.05, 0) is 12.1 Å². The van der Waals surface area contributed by atoms with Gasteiger partial charge in [0.2, 0.25) is 0 Å². The Morgan fingerprint density at radius 1 is 0.923 bits per heavy atom. The van der Waals surface area contributed by atoms with Gasteiger partial charge in [0.25, 0.3) is 0 Å². The number of piperazine rings is 1. The number of nitrogens with one attached hydrogen (secondary N) is 1. The van der Waals surface area contributed by atoms with Crippen LogP contribution in [0, 0.1) is 0 Å². The van der Waals surface area contributed by atoms with Crippen molar-refractivity contribution in [2.45, 2.75) is 0 Å². The molecule has 1 fully saturated rings.